The van der Waals surface area contributed by atoms with Gasteiger partial charge in [0.25, 0.3) is 0 Å². The lowest BCUT2D eigenvalue weighted by Crippen LogP contribution is -2.49. The normalized spacial score (nSPS) is 16.6. The van der Waals surface area contributed by atoms with E-state index in [2.05, 4.69) is 15.1 Å². The first kappa shape index (κ1) is 16.9. The molecule has 9 nitrogen and oxygen atoms in total. The van der Waals surface area contributed by atoms with Crippen molar-refractivity contribution in [3.63, 3.8) is 0 Å². The van der Waals surface area contributed by atoms with Crippen LogP contribution in [0.5, 0.6) is 0 Å². The number of aliphatic carboxylic acids is 1. The van der Waals surface area contributed by atoms with Crippen LogP contribution in [-0.4, -0.2) is 53.5 Å². The number of imidazole rings is 1. The van der Waals surface area contributed by atoms with Gasteiger partial charge in [0.05, 0.1) is 35.5 Å². The maximum atomic E-state index is 12.7. The Kier molecular flexibility index (Phi) is 4.15. The Bertz CT molecular complexity index is 866. The zero-order valence-electron chi connectivity index (χ0n) is 14.2. The summed E-state index contributed by atoms with van der Waals surface area (Å²) >= 11 is 0. The van der Waals surface area contributed by atoms with Crippen molar-refractivity contribution in [3.05, 3.63) is 34.7 Å². The molecule has 1 aliphatic heterocycles. The smallest absolute Gasteiger partial charge is 0.326 e. The number of rotatable bonds is 4. The number of carbonyl (C=O) groups is 3. The van der Waals surface area contributed by atoms with Crippen LogP contribution < -0.4 is 0 Å². The second-order valence-electron chi connectivity index (χ2n) is 6.17. The van der Waals surface area contributed by atoms with Crippen LogP contribution in [-0.2, 0) is 29.1 Å². The Morgan fingerprint density at radius 2 is 2.08 bits per heavy atom. The minimum atomic E-state index is -1.07. The van der Waals surface area contributed by atoms with E-state index in [0.29, 0.717) is 22.6 Å². The van der Waals surface area contributed by atoms with Gasteiger partial charge in [0, 0.05) is 12.1 Å². The molecule has 0 saturated carbocycles. The molecule has 25 heavy (non-hydrogen) atoms. The van der Waals surface area contributed by atoms with Gasteiger partial charge in [-0.1, -0.05) is 0 Å². The molecule has 0 radical (unpaired) electrons. The zero-order chi connectivity index (χ0) is 18.3. The number of carbonyl (C=O) groups excluding carboxylic acids is 2. The van der Waals surface area contributed by atoms with E-state index in [1.54, 1.807) is 13.8 Å². The standard InChI is InChI=1S/C16H19N5O4/c1-8-15(10(3)22)9(2)21(19-8)6-14(23)20-5-12-11(17-7-18-12)4-13(20)16(24)25/h7,13H,4-6H2,1-3H3,(H,17,18)(H,24,25)/t13-/m0/s1. The van der Waals surface area contributed by atoms with Crippen LogP contribution in [0.2, 0.25) is 0 Å². The molecule has 0 spiro atoms. The number of aromatic amines is 1. The Morgan fingerprint density at radius 1 is 1.36 bits per heavy atom. The number of ketones is 1. The molecule has 0 saturated heterocycles. The van der Waals surface area contributed by atoms with Crippen LogP contribution in [0.3, 0.4) is 0 Å². The lowest BCUT2D eigenvalue weighted by molar-refractivity contribution is -0.151. The summed E-state index contributed by atoms with van der Waals surface area (Å²) in [4.78, 5) is 44.4. The average molecular weight is 345 g/mol. The average Bonchev–Trinajstić information content (AvgIpc) is 3.09. The first-order valence-electron chi connectivity index (χ1n) is 7.88. The van der Waals surface area contributed by atoms with Crippen LogP contribution in [0, 0.1) is 13.8 Å². The van der Waals surface area contributed by atoms with E-state index in [-0.39, 0.29) is 31.2 Å². The number of H-pyrrole nitrogens is 1. The number of fused-ring (bicyclic) bond motifs is 1. The summed E-state index contributed by atoms with van der Waals surface area (Å²) in [7, 11) is 0. The van der Waals surface area contributed by atoms with Gasteiger partial charge in [0.15, 0.2) is 5.78 Å². The largest absolute Gasteiger partial charge is 0.480 e. The second kappa shape index (κ2) is 6.15. The second-order valence-corrected chi connectivity index (χ2v) is 6.17. The predicted molar refractivity (Wildman–Crippen MR) is 86.0 cm³/mol. The molecule has 1 aliphatic rings. The van der Waals surface area contributed by atoms with Crippen molar-refractivity contribution in [1.29, 1.82) is 0 Å². The molecular formula is C16H19N5O4. The fourth-order valence-electron chi connectivity index (χ4n) is 3.30. The van der Waals surface area contributed by atoms with Crippen LogP contribution in [0.4, 0.5) is 0 Å². The highest BCUT2D eigenvalue weighted by atomic mass is 16.4. The van der Waals surface area contributed by atoms with E-state index in [0.717, 1.165) is 5.69 Å². The van der Waals surface area contributed by atoms with Gasteiger partial charge in [-0.2, -0.15) is 5.10 Å². The Morgan fingerprint density at radius 3 is 2.68 bits per heavy atom. The summed E-state index contributed by atoms with van der Waals surface area (Å²) in [6.07, 6.45) is 1.66. The number of amides is 1. The summed E-state index contributed by atoms with van der Waals surface area (Å²) in [6.45, 7) is 4.93. The summed E-state index contributed by atoms with van der Waals surface area (Å²) in [5.74, 6) is -1.55. The molecule has 0 bridgehead atoms. The van der Waals surface area contributed by atoms with Gasteiger partial charge in [-0.25, -0.2) is 9.78 Å². The third kappa shape index (κ3) is 2.92. The lowest BCUT2D eigenvalue weighted by Gasteiger charge is -2.32. The number of aryl methyl sites for hydroxylation is 1. The van der Waals surface area contributed by atoms with Gasteiger partial charge in [-0.05, 0) is 20.8 Å². The summed E-state index contributed by atoms with van der Waals surface area (Å²) in [5, 5.41) is 13.7. The molecule has 2 N–H and O–H groups in total. The first-order valence-corrected chi connectivity index (χ1v) is 7.88. The number of Topliss-reactive ketones (excluding diaryl/α,β-unsaturated/α-hetero) is 1. The number of hydrogen-bond acceptors (Lipinski definition) is 5. The van der Waals surface area contributed by atoms with Gasteiger partial charge in [0.2, 0.25) is 5.91 Å². The van der Waals surface area contributed by atoms with Crippen molar-refractivity contribution in [2.75, 3.05) is 0 Å². The van der Waals surface area contributed by atoms with E-state index < -0.39 is 12.0 Å². The number of aromatic nitrogens is 4. The van der Waals surface area contributed by atoms with Gasteiger partial charge in [-0.15, -0.1) is 0 Å². The molecule has 132 valence electrons. The van der Waals surface area contributed by atoms with Crippen molar-refractivity contribution in [2.45, 2.75) is 46.3 Å². The highest BCUT2D eigenvalue weighted by molar-refractivity contribution is 5.96. The van der Waals surface area contributed by atoms with Crippen molar-refractivity contribution >= 4 is 17.7 Å². The molecule has 3 heterocycles. The SMILES string of the molecule is CC(=O)c1c(C)nn(CC(=O)N2Cc3[nH]cnc3C[C@H]2C(=O)O)c1C. The first-order chi connectivity index (χ1) is 11.8. The minimum Gasteiger partial charge on any atom is -0.480 e. The van der Waals surface area contributed by atoms with Crippen LogP contribution >= 0.6 is 0 Å². The molecule has 0 aliphatic carbocycles. The Labute approximate surface area is 143 Å². The fraction of sp³-hybridized carbons (Fsp3) is 0.438. The zero-order valence-corrected chi connectivity index (χ0v) is 14.2. The van der Waals surface area contributed by atoms with Gasteiger partial charge in [0.1, 0.15) is 12.6 Å². The third-order valence-electron chi connectivity index (χ3n) is 4.52. The molecule has 0 unspecified atom stereocenters. The molecule has 2 aromatic rings. The van der Waals surface area contributed by atoms with E-state index in [4.69, 9.17) is 0 Å². The van der Waals surface area contributed by atoms with Crippen molar-refractivity contribution < 1.29 is 19.5 Å². The van der Waals surface area contributed by atoms with E-state index in [1.165, 1.54) is 22.8 Å². The molecule has 0 aromatic carbocycles. The lowest BCUT2D eigenvalue weighted by atomic mass is 10.0. The quantitative estimate of drug-likeness (QED) is 0.777. The number of hydrogen-bond donors (Lipinski definition) is 2. The molecule has 1 amide bonds. The van der Waals surface area contributed by atoms with Gasteiger partial charge < -0.3 is 15.0 Å². The topological polar surface area (TPSA) is 121 Å². The number of nitrogens with one attached hydrogen (secondary N) is 1. The summed E-state index contributed by atoms with van der Waals surface area (Å²) in [6, 6.07) is -0.965. The molecule has 1 atom stereocenters. The molecule has 2 aromatic heterocycles. The monoisotopic (exact) mass is 345 g/mol. The van der Waals surface area contributed by atoms with E-state index >= 15 is 0 Å². The maximum Gasteiger partial charge on any atom is 0.326 e. The number of nitrogens with zero attached hydrogens (tertiary/aromatic N) is 4. The van der Waals surface area contributed by atoms with E-state index in [9.17, 15) is 19.5 Å². The van der Waals surface area contributed by atoms with Crippen LogP contribution in [0.1, 0.15) is 40.1 Å². The third-order valence-corrected chi connectivity index (χ3v) is 4.52. The summed E-state index contributed by atoms with van der Waals surface area (Å²) in [5.41, 5.74) is 3.06. The van der Waals surface area contributed by atoms with Gasteiger partial charge >= 0.3 is 5.97 Å². The van der Waals surface area contributed by atoms with Crippen molar-refractivity contribution in [3.8, 4) is 0 Å². The number of carboxylic acid groups (broad SMARTS) is 1. The minimum absolute atomic E-state index is 0.114. The highest BCUT2D eigenvalue weighted by Crippen LogP contribution is 2.22. The Balaban J connectivity index is 1.86. The van der Waals surface area contributed by atoms with Crippen molar-refractivity contribution in [2.24, 2.45) is 0 Å². The Hall–Kier alpha value is -2.97. The van der Waals surface area contributed by atoms with Crippen LogP contribution in [0.15, 0.2) is 6.33 Å². The molecule has 0 fully saturated rings. The molecule has 9 heteroatoms. The highest BCUT2D eigenvalue weighted by Gasteiger charge is 2.36. The van der Waals surface area contributed by atoms with E-state index in [1.807, 2.05) is 0 Å². The number of carboxylic acids is 1. The predicted octanol–water partition coefficient (Wildman–Crippen LogP) is 0.464. The molecule has 3 rings (SSSR count). The van der Waals surface area contributed by atoms with Crippen LogP contribution in [0.25, 0.3) is 0 Å². The molecular weight excluding hydrogens is 326 g/mol. The maximum absolute atomic E-state index is 12.7. The summed E-state index contributed by atoms with van der Waals surface area (Å²) < 4.78 is 1.45. The fourth-order valence-corrected chi connectivity index (χ4v) is 3.30. The van der Waals surface area contributed by atoms with Gasteiger partial charge in [-0.3, -0.25) is 14.3 Å². The van der Waals surface area contributed by atoms with Crippen molar-refractivity contribution in [1.82, 2.24) is 24.6 Å².